The van der Waals surface area contributed by atoms with Crippen molar-refractivity contribution in [2.75, 3.05) is 5.84 Å². The second-order valence-corrected chi connectivity index (χ2v) is 4.65. The maximum Gasteiger partial charge on any atom is 0.158 e. The van der Waals surface area contributed by atoms with Crippen LogP contribution in [0.1, 0.15) is 0 Å². The molecule has 0 amide bonds. The van der Waals surface area contributed by atoms with E-state index in [0.29, 0.717) is 10.8 Å². The van der Waals surface area contributed by atoms with Crippen molar-refractivity contribution in [2.24, 2.45) is 0 Å². The predicted octanol–water partition coefficient (Wildman–Crippen LogP) is 3.58. The number of hydrogen-bond acceptors (Lipinski definition) is 2. The summed E-state index contributed by atoms with van der Waals surface area (Å²) in [6.07, 6.45) is 1.77. The molecule has 3 rings (SSSR count). The molecule has 0 bridgehead atoms. The molecule has 3 nitrogen and oxygen atoms in total. The van der Waals surface area contributed by atoms with E-state index in [0.717, 1.165) is 16.8 Å². The maximum absolute atomic E-state index is 6.13. The zero-order valence-electron chi connectivity index (χ0n) is 10.1. The van der Waals surface area contributed by atoms with Gasteiger partial charge in [0.15, 0.2) is 5.82 Å². The van der Waals surface area contributed by atoms with Crippen molar-refractivity contribution in [3.63, 3.8) is 0 Å². The molecule has 0 saturated carbocycles. The van der Waals surface area contributed by atoms with Crippen LogP contribution in [0.2, 0.25) is 5.02 Å². The van der Waals surface area contributed by atoms with Gasteiger partial charge in [-0.25, -0.2) is 9.66 Å². The van der Waals surface area contributed by atoms with Gasteiger partial charge in [-0.1, -0.05) is 54.1 Å². The average Bonchev–Trinajstić information content (AvgIpc) is 2.81. The summed E-state index contributed by atoms with van der Waals surface area (Å²) in [5.74, 6) is 6.82. The molecule has 0 spiro atoms. The Hall–Kier alpha value is -2.26. The van der Waals surface area contributed by atoms with Gasteiger partial charge in [0.1, 0.15) is 0 Å². The number of benzene rings is 2. The van der Waals surface area contributed by atoms with Gasteiger partial charge in [0.25, 0.3) is 0 Å². The van der Waals surface area contributed by atoms with Crippen molar-refractivity contribution in [2.45, 2.75) is 0 Å². The lowest BCUT2D eigenvalue weighted by Gasteiger charge is -2.06. The number of rotatable bonds is 2. The van der Waals surface area contributed by atoms with E-state index in [2.05, 4.69) is 4.98 Å². The Morgan fingerprint density at radius 3 is 2.42 bits per heavy atom. The van der Waals surface area contributed by atoms with Crippen LogP contribution in [0.4, 0.5) is 0 Å². The van der Waals surface area contributed by atoms with E-state index < -0.39 is 0 Å². The summed E-state index contributed by atoms with van der Waals surface area (Å²) < 4.78 is 1.58. The second-order valence-electron chi connectivity index (χ2n) is 4.21. The number of aromatic nitrogens is 2. The summed E-state index contributed by atoms with van der Waals surface area (Å²) >= 11 is 5.99. The van der Waals surface area contributed by atoms with Crippen molar-refractivity contribution in [3.8, 4) is 22.6 Å². The Kier molecular flexibility index (Phi) is 2.97. The van der Waals surface area contributed by atoms with Gasteiger partial charge in [-0.05, 0) is 12.1 Å². The monoisotopic (exact) mass is 269 g/mol. The standard InChI is InChI=1S/C15H12ClN3/c16-13-8-4-7-12(9-13)15-18-10-14(19(15)17)11-5-2-1-3-6-11/h1-10H,17H2. The Bertz CT molecular complexity index is 704. The quantitative estimate of drug-likeness (QED) is 0.723. The Morgan fingerprint density at radius 2 is 1.68 bits per heavy atom. The van der Waals surface area contributed by atoms with Crippen molar-refractivity contribution >= 4 is 11.6 Å². The van der Waals surface area contributed by atoms with Gasteiger partial charge in [0.2, 0.25) is 0 Å². The fourth-order valence-corrected chi connectivity index (χ4v) is 2.21. The smallest absolute Gasteiger partial charge is 0.158 e. The maximum atomic E-state index is 6.13. The Balaban J connectivity index is 2.09. The second kappa shape index (κ2) is 4.78. The van der Waals surface area contributed by atoms with Crippen LogP contribution < -0.4 is 5.84 Å². The SMILES string of the molecule is Nn1c(-c2ccccc2)cnc1-c1cccc(Cl)c1. The first-order valence-electron chi connectivity index (χ1n) is 5.90. The van der Waals surface area contributed by atoms with E-state index in [1.807, 2.05) is 54.6 Å². The zero-order chi connectivity index (χ0) is 13.2. The predicted molar refractivity (Wildman–Crippen MR) is 78.3 cm³/mol. The summed E-state index contributed by atoms with van der Waals surface area (Å²) in [6, 6.07) is 17.4. The molecule has 2 N–H and O–H groups in total. The van der Waals surface area contributed by atoms with Crippen LogP contribution in [-0.4, -0.2) is 9.66 Å². The van der Waals surface area contributed by atoms with Gasteiger partial charge in [0, 0.05) is 16.1 Å². The number of nitrogen functional groups attached to an aromatic ring is 1. The minimum absolute atomic E-state index is 0.668. The van der Waals surface area contributed by atoms with Gasteiger partial charge in [-0.2, -0.15) is 0 Å². The summed E-state index contributed by atoms with van der Waals surface area (Å²) in [7, 11) is 0. The molecule has 1 aromatic heterocycles. The number of nitrogens with zero attached hydrogens (tertiary/aromatic N) is 2. The third-order valence-corrected chi connectivity index (χ3v) is 3.18. The van der Waals surface area contributed by atoms with Crippen molar-refractivity contribution in [3.05, 3.63) is 65.8 Å². The lowest BCUT2D eigenvalue weighted by atomic mass is 10.2. The molecule has 2 aromatic carbocycles. The minimum atomic E-state index is 0.668. The molecular weight excluding hydrogens is 258 g/mol. The highest BCUT2D eigenvalue weighted by atomic mass is 35.5. The lowest BCUT2D eigenvalue weighted by molar-refractivity contribution is 1.02. The topological polar surface area (TPSA) is 43.8 Å². The number of nitrogens with two attached hydrogens (primary N) is 1. The normalized spacial score (nSPS) is 10.6. The van der Waals surface area contributed by atoms with E-state index in [-0.39, 0.29) is 0 Å². The Morgan fingerprint density at radius 1 is 0.947 bits per heavy atom. The van der Waals surface area contributed by atoms with Gasteiger partial charge >= 0.3 is 0 Å². The number of hydrogen-bond donors (Lipinski definition) is 1. The molecule has 0 aliphatic rings. The third-order valence-electron chi connectivity index (χ3n) is 2.95. The van der Waals surface area contributed by atoms with Crippen LogP contribution in [0.3, 0.4) is 0 Å². The van der Waals surface area contributed by atoms with Crippen molar-refractivity contribution in [1.82, 2.24) is 9.66 Å². The fraction of sp³-hybridized carbons (Fsp3) is 0. The molecule has 3 aromatic rings. The van der Waals surface area contributed by atoms with Crippen molar-refractivity contribution < 1.29 is 0 Å². The summed E-state index contributed by atoms with van der Waals surface area (Å²) in [5, 5.41) is 0.668. The first-order valence-corrected chi connectivity index (χ1v) is 6.27. The van der Waals surface area contributed by atoms with Gasteiger partial charge in [-0.3, -0.25) is 0 Å². The van der Waals surface area contributed by atoms with Crippen LogP contribution in [-0.2, 0) is 0 Å². The molecule has 0 atom stereocenters. The highest BCUT2D eigenvalue weighted by molar-refractivity contribution is 6.30. The molecule has 1 heterocycles. The van der Waals surface area contributed by atoms with Crippen LogP contribution in [0.25, 0.3) is 22.6 Å². The molecule has 0 aliphatic heterocycles. The van der Waals surface area contributed by atoms with Gasteiger partial charge in [-0.15, -0.1) is 0 Å². The van der Waals surface area contributed by atoms with Gasteiger partial charge in [0.05, 0.1) is 11.9 Å². The first kappa shape index (κ1) is 11.8. The van der Waals surface area contributed by atoms with E-state index >= 15 is 0 Å². The Labute approximate surface area is 116 Å². The molecule has 4 heteroatoms. The molecular formula is C15H12ClN3. The summed E-state index contributed by atoms with van der Waals surface area (Å²) in [5.41, 5.74) is 2.80. The largest absolute Gasteiger partial charge is 0.337 e. The first-order chi connectivity index (χ1) is 9.25. The van der Waals surface area contributed by atoms with Crippen LogP contribution in [0.5, 0.6) is 0 Å². The lowest BCUT2D eigenvalue weighted by Crippen LogP contribution is -2.11. The van der Waals surface area contributed by atoms with Crippen LogP contribution >= 0.6 is 11.6 Å². The highest BCUT2D eigenvalue weighted by Gasteiger charge is 2.11. The number of halogens is 1. The molecule has 0 fully saturated rings. The molecule has 0 radical (unpaired) electrons. The summed E-state index contributed by atoms with van der Waals surface area (Å²) in [4.78, 5) is 4.38. The van der Waals surface area contributed by atoms with Crippen LogP contribution in [0, 0.1) is 0 Å². The molecule has 94 valence electrons. The van der Waals surface area contributed by atoms with Crippen LogP contribution in [0.15, 0.2) is 60.8 Å². The van der Waals surface area contributed by atoms with Gasteiger partial charge < -0.3 is 5.84 Å². The third kappa shape index (κ3) is 2.20. The van der Waals surface area contributed by atoms with E-state index in [1.54, 1.807) is 10.9 Å². The van der Waals surface area contributed by atoms with E-state index in [4.69, 9.17) is 17.4 Å². The minimum Gasteiger partial charge on any atom is -0.337 e. The number of imidazole rings is 1. The highest BCUT2D eigenvalue weighted by Crippen LogP contribution is 2.25. The molecule has 0 aliphatic carbocycles. The van der Waals surface area contributed by atoms with Crippen molar-refractivity contribution in [1.29, 1.82) is 0 Å². The van der Waals surface area contributed by atoms with E-state index in [9.17, 15) is 0 Å². The molecule has 0 unspecified atom stereocenters. The zero-order valence-corrected chi connectivity index (χ0v) is 10.9. The average molecular weight is 270 g/mol. The molecule has 0 saturated heterocycles. The fourth-order valence-electron chi connectivity index (χ4n) is 2.02. The van der Waals surface area contributed by atoms with E-state index in [1.165, 1.54) is 0 Å². The summed E-state index contributed by atoms with van der Waals surface area (Å²) in [6.45, 7) is 0. The molecule has 19 heavy (non-hydrogen) atoms.